The van der Waals surface area contributed by atoms with Crippen molar-refractivity contribution in [2.24, 2.45) is 0 Å². The van der Waals surface area contributed by atoms with E-state index in [-0.39, 0.29) is 39.8 Å². The van der Waals surface area contributed by atoms with Gasteiger partial charge >= 0.3 is 0 Å². The minimum absolute atomic E-state index is 0.00950. The number of amides is 2. The van der Waals surface area contributed by atoms with Crippen LogP contribution in [0.1, 0.15) is 38.3 Å². The Kier molecular flexibility index (Phi) is 11.1. The maximum atomic E-state index is 14.1. The van der Waals surface area contributed by atoms with Gasteiger partial charge in [0.05, 0.1) is 17.7 Å². The topological polar surface area (TPSA) is 96.0 Å². The molecule has 1 N–H and O–H groups in total. The first kappa shape index (κ1) is 32.2. The zero-order chi connectivity index (χ0) is 30.3. The summed E-state index contributed by atoms with van der Waals surface area (Å²) in [6.07, 6.45) is 0.709. The van der Waals surface area contributed by atoms with Crippen LogP contribution in [0.15, 0.2) is 71.6 Å². The molecular weight excluding hydrogens is 585 g/mol. The molecule has 0 bridgehead atoms. The highest BCUT2D eigenvalue weighted by molar-refractivity contribution is 7.92. The molecule has 0 saturated carbocycles. The number of rotatable bonds is 12. The van der Waals surface area contributed by atoms with Gasteiger partial charge in [0.1, 0.15) is 18.3 Å². The lowest BCUT2D eigenvalue weighted by atomic mass is 10.1. The molecule has 3 rings (SSSR count). The third kappa shape index (κ3) is 8.15. The Hall–Kier alpha value is -3.27. The Balaban J connectivity index is 2.09. The van der Waals surface area contributed by atoms with Gasteiger partial charge < -0.3 is 15.0 Å². The minimum Gasteiger partial charge on any atom is -0.495 e. The molecule has 3 aromatic rings. The second-order valence-corrected chi connectivity index (χ2v) is 12.5. The van der Waals surface area contributed by atoms with Crippen molar-refractivity contribution in [3.63, 3.8) is 0 Å². The Morgan fingerprint density at radius 2 is 1.56 bits per heavy atom. The molecule has 2 unspecified atom stereocenters. The van der Waals surface area contributed by atoms with Crippen LogP contribution in [0.25, 0.3) is 0 Å². The third-order valence-corrected chi connectivity index (χ3v) is 8.99. The lowest BCUT2D eigenvalue weighted by Crippen LogP contribution is -2.52. The fourth-order valence-electron chi connectivity index (χ4n) is 4.04. The number of nitrogens with one attached hydrogen (secondary N) is 1. The highest BCUT2D eigenvalue weighted by Crippen LogP contribution is 2.35. The molecule has 3 aromatic carbocycles. The van der Waals surface area contributed by atoms with Gasteiger partial charge in [-0.1, -0.05) is 60.0 Å². The summed E-state index contributed by atoms with van der Waals surface area (Å²) in [5.74, 6) is -0.732. The quantitative estimate of drug-likeness (QED) is 0.275. The standard InChI is InChI=1S/C30H35Cl2N3O5S/c1-6-21(3)33-30(37)22(4)34(18-23-9-11-24(31)12-10-23)29(36)19-35(27-17-25(32)13-16-28(27)40-5)41(38,39)26-14-7-20(2)8-15-26/h7-17,21-22H,6,18-19H2,1-5H3,(H,33,37). The fourth-order valence-corrected chi connectivity index (χ4v) is 5.75. The van der Waals surface area contributed by atoms with Gasteiger partial charge in [0.25, 0.3) is 10.0 Å². The Morgan fingerprint density at radius 1 is 0.951 bits per heavy atom. The zero-order valence-electron chi connectivity index (χ0n) is 23.7. The molecule has 220 valence electrons. The van der Waals surface area contributed by atoms with Gasteiger partial charge in [0.2, 0.25) is 11.8 Å². The van der Waals surface area contributed by atoms with Gasteiger partial charge in [0, 0.05) is 22.6 Å². The first-order valence-electron chi connectivity index (χ1n) is 13.1. The van der Waals surface area contributed by atoms with E-state index in [0.29, 0.717) is 11.4 Å². The van der Waals surface area contributed by atoms with Crippen LogP contribution in [0.5, 0.6) is 5.75 Å². The molecule has 0 spiro atoms. The number of halogens is 2. The molecular formula is C30H35Cl2N3O5S. The van der Waals surface area contributed by atoms with Crippen molar-refractivity contribution in [2.75, 3.05) is 18.0 Å². The van der Waals surface area contributed by atoms with Crippen molar-refractivity contribution in [2.45, 2.75) is 57.6 Å². The predicted octanol–water partition coefficient (Wildman–Crippen LogP) is 5.84. The molecule has 0 aromatic heterocycles. The number of carbonyl (C=O) groups is 2. The average molecular weight is 621 g/mol. The maximum absolute atomic E-state index is 14.1. The number of aryl methyl sites for hydroxylation is 1. The van der Waals surface area contributed by atoms with Crippen LogP contribution in [-0.4, -0.2) is 50.9 Å². The molecule has 0 aliphatic carbocycles. The number of sulfonamides is 1. The second kappa shape index (κ2) is 14.1. The van der Waals surface area contributed by atoms with E-state index in [9.17, 15) is 18.0 Å². The van der Waals surface area contributed by atoms with Crippen molar-refractivity contribution in [1.82, 2.24) is 10.2 Å². The van der Waals surface area contributed by atoms with Crippen LogP contribution in [0, 0.1) is 6.92 Å². The lowest BCUT2D eigenvalue weighted by Gasteiger charge is -2.33. The van der Waals surface area contributed by atoms with Crippen LogP contribution in [0.2, 0.25) is 10.0 Å². The van der Waals surface area contributed by atoms with E-state index >= 15 is 0 Å². The van der Waals surface area contributed by atoms with E-state index in [1.165, 1.54) is 36.3 Å². The summed E-state index contributed by atoms with van der Waals surface area (Å²) in [4.78, 5) is 28.6. The molecule has 0 heterocycles. The summed E-state index contributed by atoms with van der Waals surface area (Å²) in [6.45, 7) is 6.72. The monoisotopic (exact) mass is 619 g/mol. The SMILES string of the molecule is CCC(C)NC(=O)C(C)N(Cc1ccc(Cl)cc1)C(=O)CN(c1cc(Cl)ccc1OC)S(=O)(=O)c1ccc(C)cc1. The number of nitrogens with zero attached hydrogens (tertiary/aromatic N) is 2. The summed E-state index contributed by atoms with van der Waals surface area (Å²) in [5.41, 5.74) is 1.69. The summed E-state index contributed by atoms with van der Waals surface area (Å²) in [7, 11) is -2.86. The average Bonchev–Trinajstić information content (AvgIpc) is 2.95. The van der Waals surface area contributed by atoms with Crippen LogP contribution in [0.4, 0.5) is 5.69 Å². The Bertz CT molecular complexity index is 1460. The van der Waals surface area contributed by atoms with Crippen molar-refractivity contribution in [3.05, 3.63) is 87.9 Å². The zero-order valence-corrected chi connectivity index (χ0v) is 26.1. The first-order valence-corrected chi connectivity index (χ1v) is 15.3. The first-order chi connectivity index (χ1) is 19.4. The number of anilines is 1. The predicted molar refractivity (Wildman–Crippen MR) is 163 cm³/mol. The molecule has 41 heavy (non-hydrogen) atoms. The summed E-state index contributed by atoms with van der Waals surface area (Å²) in [5, 5.41) is 3.69. The molecule has 0 radical (unpaired) electrons. The van der Waals surface area contributed by atoms with E-state index in [0.717, 1.165) is 15.4 Å². The number of ether oxygens (including phenoxy) is 1. The van der Waals surface area contributed by atoms with Gasteiger partial charge in [-0.2, -0.15) is 0 Å². The molecule has 2 atom stereocenters. The lowest BCUT2D eigenvalue weighted by molar-refractivity contribution is -0.139. The number of carbonyl (C=O) groups excluding carboxylic acids is 2. The van der Waals surface area contributed by atoms with Crippen LogP contribution in [0.3, 0.4) is 0 Å². The number of benzene rings is 3. The summed E-state index contributed by atoms with van der Waals surface area (Å²) < 4.78 is 34.5. The van der Waals surface area contributed by atoms with E-state index in [1.54, 1.807) is 49.4 Å². The molecule has 0 aliphatic heterocycles. The van der Waals surface area contributed by atoms with Crippen LogP contribution in [-0.2, 0) is 26.2 Å². The maximum Gasteiger partial charge on any atom is 0.264 e. The number of hydrogen-bond acceptors (Lipinski definition) is 5. The van der Waals surface area contributed by atoms with E-state index in [1.807, 2.05) is 20.8 Å². The molecule has 0 fully saturated rings. The van der Waals surface area contributed by atoms with Gasteiger partial charge in [-0.05, 0) is 75.2 Å². The summed E-state index contributed by atoms with van der Waals surface area (Å²) in [6, 6.07) is 16.7. The summed E-state index contributed by atoms with van der Waals surface area (Å²) >= 11 is 12.3. The minimum atomic E-state index is -4.27. The normalized spacial score (nSPS) is 12.8. The van der Waals surface area contributed by atoms with Gasteiger partial charge in [-0.15, -0.1) is 0 Å². The molecule has 2 amide bonds. The van der Waals surface area contributed by atoms with Gasteiger partial charge in [-0.25, -0.2) is 8.42 Å². The Morgan fingerprint density at radius 3 is 2.15 bits per heavy atom. The molecule has 0 aliphatic rings. The van der Waals surface area contributed by atoms with Crippen LogP contribution < -0.4 is 14.4 Å². The highest BCUT2D eigenvalue weighted by atomic mass is 35.5. The smallest absolute Gasteiger partial charge is 0.264 e. The van der Waals surface area contributed by atoms with Crippen molar-refractivity contribution >= 4 is 50.7 Å². The van der Waals surface area contributed by atoms with E-state index in [2.05, 4.69) is 5.32 Å². The molecule has 0 saturated heterocycles. The third-order valence-electron chi connectivity index (χ3n) is 6.73. The van der Waals surface area contributed by atoms with E-state index in [4.69, 9.17) is 27.9 Å². The van der Waals surface area contributed by atoms with Gasteiger partial charge in [-0.3, -0.25) is 13.9 Å². The number of methoxy groups -OCH3 is 1. The molecule has 8 nitrogen and oxygen atoms in total. The van der Waals surface area contributed by atoms with Crippen molar-refractivity contribution < 1.29 is 22.7 Å². The van der Waals surface area contributed by atoms with Crippen LogP contribution >= 0.6 is 23.2 Å². The van der Waals surface area contributed by atoms with Gasteiger partial charge in [0.15, 0.2) is 0 Å². The largest absolute Gasteiger partial charge is 0.495 e. The number of hydrogen-bond donors (Lipinski definition) is 1. The highest BCUT2D eigenvalue weighted by Gasteiger charge is 2.34. The van der Waals surface area contributed by atoms with E-state index < -0.39 is 28.5 Å². The molecule has 11 heteroatoms. The van der Waals surface area contributed by atoms with Crippen molar-refractivity contribution in [1.29, 1.82) is 0 Å². The Labute approximate surface area is 252 Å². The second-order valence-electron chi connectivity index (χ2n) is 9.78. The fraction of sp³-hybridized carbons (Fsp3) is 0.333. The van der Waals surface area contributed by atoms with Crippen molar-refractivity contribution in [3.8, 4) is 5.75 Å².